The van der Waals surface area contributed by atoms with Crippen molar-refractivity contribution in [2.24, 2.45) is 7.05 Å². The van der Waals surface area contributed by atoms with Gasteiger partial charge in [-0.05, 0) is 29.8 Å². The van der Waals surface area contributed by atoms with Gasteiger partial charge in [-0.15, -0.1) is 0 Å². The summed E-state index contributed by atoms with van der Waals surface area (Å²) in [6.07, 6.45) is 3.69. The summed E-state index contributed by atoms with van der Waals surface area (Å²) in [5, 5.41) is 0. The minimum atomic E-state index is -3.63. The van der Waals surface area contributed by atoms with Gasteiger partial charge in [0.05, 0.1) is 15.9 Å². The van der Waals surface area contributed by atoms with Crippen molar-refractivity contribution < 1.29 is 8.42 Å². The number of hydrogen-bond donors (Lipinski definition) is 3. The van der Waals surface area contributed by atoms with Crippen molar-refractivity contribution in [3.63, 3.8) is 0 Å². The number of sulfonamides is 1. The van der Waals surface area contributed by atoms with Crippen LogP contribution in [0.5, 0.6) is 0 Å². The van der Waals surface area contributed by atoms with Gasteiger partial charge < -0.3 is 14.5 Å². The first kappa shape index (κ1) is 13.7. The van der Waals surface area contributed by atoms with Crippen molar-refractivity contribution in [1.82, 2.24) is 19.3 Å². The summed E-state index contributed by atoms with van der Waals surface area (Å²) in [5.74, 6) is 0. The zero-order valence-corrected chi connectivity index (χ0v) is 12.1. The first-order valence-electron chi connectivity index (χ1n) is 6.27. The Balaban J connectivity index is 1.86. The van der Waals surface area contributed by atoms with Crippen LogP contribution in [0.1, 0.15) is 5.56 Å². The molecule has 2 heterocycles. The maximum absolute atomic E-state index is 12.2. The van der Waals surface area contributed by atoms with Gasteiger partial charge in [0.15, 0.2) is 0 Å². The summed E-state index contributed by atoms with van der Waals surface area (Å²) in [4.78, 5) is 16.4. The predicted molar refractivity (Wildman–Crippen MR) is 78.4 cm³/mol. The maximum Gasteiger partial charge on any atom is 0.323 e. The molecular weight excluding hydrogens is 292 g/mol. The maximum atomic E-state index is 12.2. The molecule has 2 aromatic heterocycles. The highest BCUT2D eigenvalue weighted by molar-refractivity contribution is 7.89. The fourth-order valence-corrected chi connectivity index (χ4v) is 3.15. The number of aromatic amines is 2. The third-order valence-electron chi connectivity index (χ3n) is 3.16. The molecule has 21 heavy (non-hydrogen) atoms. The number of H-pyrrole nitrogens is 2. The van der Waals surface area contributed by atoms with E-state index in [0.29, 0.717) is 11.0 Å². The molecule has 1 aromatic carbocycles. The van der Waals surface area contributed by atoms with Crippen molar-refractivity contribution in [1.29, 1.82) is 0 Å². The van der Waals surface area contributed by atoms with E-state index in [1.807, 2.05) is 30.1 Å². The van der Waals surface area contributed by atoms with E-state index in [1.165, 1.54) is 12.1 Å². The lowest BCUT2D eigenvalue weighted by molar-refractivity contribution is 0.581. The van der Waals surface area contributed by atoms with E-state index in [-0.39, 0.29) is 17.1 Å². The standard InChI is InChI=1S/C13H14N4O3S/c1-17-5-4-9(8-17)7-14-21(19,20)10-2-3-11-12(6-10)16-13(18)15-11/h2-6,8,14H,7H2,1H3,(H2,15,16,18). The highest BCUT2D eigenvalue weighted by atomic mass is 32.2. The summed E-state index contributed by atoms with van der Waals surface area (Å²) >= 11 is 0. The van der Waals surface area contributed by atoms with Crippen LogP contribution in [0.2, 0.25) is 0 Å². The second-order valence-corrected chi connectivity index (χ2v) is 6.56. The van der Waals surface area contributed by atoms with Crippen molar-refractivity contribution in [3.8, 4) is 0 Å². The number of fused-ring (bicyclic) bond motifs is 1. The van der Waals surface area contributed by atoms with E-state index in [2.05, 4.69) is 14.7 Å². The minimum absolute atomic E-state index is 0.112. The average molecular weight is 306 g/mol. The topological polar surface area (TPSA) is 99.8 Å². The normalized spacial score (nSPS) is 12.0. The number of rotatable bonds is 4. The molecule has 110 valence electrons. The van der Waals surface area contributed by atoms with Crippen molar-refractivity contribution in [3.05, 3.63) is 52.7 Å². The van der Waals surface area contributed by atoms with Gasteiger partial charge in [-0.25, -0.2) is 17.9 Å². The van der Waals surface area contributed by atoms with Crippen LogP contribution in [0, 0.1) is 0 Å². The smallest absolute Gasteiger partial charge is 0.323 e. The predicted octanol–water partition coefficient (Wildman–Crippen LogP) is 0.673. The summed E-state index contributed by atoms with van der Waals surface area (Å²) in [6.45, 7) is 0.213. The van der Waals surface area contributed by atoms with E-state index >= 15 is 0 Å². The molecule has 3 rings (SSSR count). The Hall–Kier alpha value is -2.32. The van der Waals surface area contributed by atoms with E-state index in [1.54, 1.807) is 6.07 Å². The number of benzene rings is 1. The van der Waals surface area contributed by atoms with Crippen LogP contribution in [-0.2, 0) is 23.6 Å². The third-order valence-corrected chi connectivity index (χ3v) is 4.56. The molecule has 0 aliphatic carbocycles. The molecule has 0 fully saturated rings. The van der Waals surface area contributed by atoms with Gasteiger partial charge >= 0.3 is 5.69 Å². The Morgan fingerprint density at radius 3 is 2.67 bits per heavy atom. The number of hydrogen-bond acceptors (Lipinski definition) is 3. The van der Waals surface area contributed by atoms with Crippen molar-refractivity contribution in [2.45, 2.75) is 11.4 Å². The first-order valence-corrected chi connectivity index (χ1v) is 7.75. The number of aromatic nitrogens is 3. The van der Waals surface area contributed by atoms with Crippen LogP contribution in [-0.4, -0.2) is 23.0 Å². The van der Waals surface area contributed by atoms with Gasteiger partial charge in [0.25, 0.3) is 0 Å². The van der Waals surface area contributed by atoms with Gasteiger partial charge in [-0.1, -0.05) is 0 Å². The van der Waals surface area contributed by atoms with Crippen LogP contribution in [0.15, 0.2) is 46.3 Å². The first-order chi connectivity index (χ1) is 9.94. The van der Waals surface area contributed by atoms with Crippen LogP contribution in [0.4, 0.5) is 0 Å². The Morgan fingerprint density at radius 1 is 1.19 bits per heavy atom. The van der Waals surface area contributed by atoms with Crippen LogP contribution in [0.3, 0.4) is 0 Å². The second-order valence-electron chi connectivity index (χ2n) is 4.80. The molecule has 3 N–H and O–H groups in total. The zero-order valence-electron chi connectivity index (χ0n) is 11.3. The lowest BCUT2D eigenvalue weighted by Crippen LogP contribution is -2.23. The fraction of sp³-hybridized carbons (Fsp3) is 0.154. The van der Waals surface area contributed by atoms with Gasteiger partial charge in [-0.3, -0.25) is 0 Å². The highest BCUT2D eigenvalue weighted by Crippen LogP contribution is 2.15. The highest BCUT2D eigenvalue weighted by Gasteiger charge is 2.15. The molecule has 0 aliphatic rings. The Morgan fingerprint density at radius 2 is 1.95 bits per heavy atom. The number of aryl methyl sites for hydroxylation is 1. The molecule has 0 unspecified atom stereocenters. The molecular formula is C13H14N4O3S. The van der Waals surface area contributed by atoms with Gasteiger partial charge in [0.1, 0.15) is 0 Å². The Labute approximate surface area is 120 Å². The van der Waals surface area contributed by atoms with E-state index in [0.717, 1.165) is 5.56 Å². The van der Waals surface area contributed by atoms with Gasteiger partial charge in [0, 0.05) is 26.0 Å². The molecule has 3 aromatic rings. The largest absolute Gasteiger partial charge is 0.357 e. The summed E-state index contributed by atoms with van der Waals surface area (Å²) in [5.41, 5.74) is 1.54. The van der Waals surface area contributed by atoms with Crippen LogP contribution >= 0.6 is 0 Å². The summed E-state index contributed by atoms with van der Waals surface area (Å²) in [7, 11) is -1.76. The van der Waals surface area contributed by atoms with Crippen LogP contribution < -0.4 is 10.4 Å². The number of nitrogens with one attached hydrogen (secondary N) is 3. The van der Waals surface area contributed by atoms with E-state index < -0.39 is 10.0 Å². The molecule has 0 atom stereocenters. The molecule has 0 saturated heterocycles. The van der Waals surface area contributed by atoms with Gasteiger partial charge in [0.2, 0.25) is 10.0 Å². The molecule has 8 heteroatoms. The molecule has 7 nitrogen and oxygen atoms in total. The third kappa shape index (κ3) is 2.76. The lowest BCUT2D eigenvalue weighted by atomic mass is 10.3. The molecule has 0 aliphatic heterocycles. The quantitative estimate of drug-likeness (QED) is 0.660. The summed E-state index contributed by atoms with van der Waals surface area (Å²) < 4.78 is 28.9. The molecule has 0 spiro atoms. The SMILES string of the molecule is Cn1ccc(CNS(=O)(=O)c2ccc3[nH]c(=O)[nH]c3c2)c1. The molecule has 0 radical (unpaired) electrons. The van der Waals surface area contributed by atoms with E-state index in [4.69, 9.17) is 0 Å². The minimum Gasteiger partial charge on any atom is -0.357 e. The molecule has 0 saturated carbocycles. The van der Waals surface area contributed by atoms with Crippen molar-refractivity contribution >= 4 is 21.1 Å². The van der Waals surface area contributed by atoms with Gasteiger partial charge in [-0.2, -0.15) is 0 Å². The molecule has 0 amide bonds. The zero-order chi connectivity index (χ0) is 15.0. The Bertz CT molecular complexity index is 949. The fourth-order valence-electron chi connectivity index (χ4n) is 2.11. The lowest BCUT2D eigenvalue weighted by Gasteiger charge is -2.05. The second kappa shape index (κ2) is 4.90. The number of imidazole rings is 1. The monoisotopic (exact) mass is 306 g/mol. The average Bonchev–Trinajstić information content (AvgIpc) is 3.00. The Kier molecular flexibility index (Phi) is 3.19. The summed E-state index contributed by atoms with van der Waals surface area (Å²) in [6, 6.07) is 6.29. The van der Waals surface area contributed by atoms with E-state index in [9.17, 15) is 13.2 Å². The number of nitrogens with zero attached hydrogens (tertiary/aromatic N) is 1. The van der Waals surface area contributed by atoms with Crippen LogP contribution in [0.25, 0.3) is 11.0 Å². The molecule has 0 bridgehead atoms. The van der Waals surface area contributed by atoms with Crippen molar-refractivity contribution in [2.75, 3.05) is 0 Å².